The van der Waals surface area contributed by atoms with Gasteiger partial charge in [-0.15, -0.1) is 0 Å². The first-order chi connectivity index (χ1) is 8.77. The number of benzene rings is 1. The Morgan fingerprint density at radius 2 is 2.11 bits per heavy atom. The molecule has 0 heterocycles. The number of hydrogen-bond acceptors (Lipinski definition) is 3. The van der Waals surface area contributed by atoms with Gasteiger partial charge in [0.1, 0.15) is 5.75 Å². The van der Waals surface area contributed by atoms with E-state index in [1.807, 2.05) is 12.1 Å². The minimum Gasteiger partial charge on any atom is -0.494 e. The highest BCUT2D eigenvalue weighted by Crippen LogP contribution is 2.22. The highest BCUT2D eigenvalue weighted by Gasteiger charge is 2.02. The van der Waals surface area contributed by atoms with Crippen molar-refractivity contribution in [1.82, 2.24) is 5.32 Å². The Morgan fingerprint density at radius 3 is 2.83 bits per heavy atom. The molecule has 0 aliphatic carbocycles. The summed E-state index contributed by atoms with van der Waals surface area (Å²) >= 11 is 3.54. The van der Waals surface area contributed by atoms with Crippen LogP contribution in [0.2, 0.25) is 0 Å². The first kappa shape index (κ1) is 15.5. The zero-order valence-corrected chi connectivity index (χ0v) is 12.5. The molecule has 0 saturated heterocycles. The standard InChI is InChI=1S/C14H22BrNO2/c1-2-16-11-12-10-13(6-7-14(12)15)18-9-5-3-4-8-17/h6-7,10,16-17H,2-5,8-9,11H2,1H3. The van der Waals surface area contributed by atoms with Crippen molar-refractivity contribution < 1.29 is 9.84 Å². The van der Waals surface area contributed by atoms with E-state index in [1.165, 1.54) is 5.56 Å². The lowest BCUT2D eigenvalue weighted by Gasteiger charge is -2.10. The molecule has 0 radical (unpaired) electrons. The van der Waals surface area contributed by atoms with Crippen LogP contribution in [0, 0.1) is 0 Å². The lowest BCUT2D eigenvalue weighted by atomic mass is 10.2. The van der Waals surface area contributed by atoms with Gasteiger partial charge in [-0.3, -0.25) is 0 Å². The van der Waals surface area contributed by atoms with Crippen molar-refractivity contribution in [2.45, 2.75) is 32.7 Å². The van der Waals surface area contributed by atoms with Crippen LogP contribution in [0.25, 0.3) is 0 Å². The molecule has 0 bridgehead atoms. The van der Waals surface area contributed by atoms with Crippen LogP contribution >= 0.6 is 15.9 Å². The van der Waals surface area contributed by atoms with Gasteiger partial charge in [0.15, 0.2) is 0 Å². The van der Waals surface area contributed by atoms with Crippen LogP contribution in [0.3, 0.4) is 0 Å². The van der Waals surface area contributed by atoms with E-state index in [2.05, 4.69) is 34.2 Å². The smallest absolute Gasteiger partial charge is 0.119 e. The third kappa shape index (κ3) is 5.85. The van der Waals surface area contributed by atoms with E-state index >= 15 is 0 Å². The lowest BCUT2D eigenvalue weighted by molar-refractivity contribution is 0.266. The van der Waals surface area contributed by atoms with E-state index in [4.69, 9.17) is 9.84 Å². The topological polar surface area (TPSA) is 41.5 Å². The number of halogens is 1. The molecule has 0 amide bonds. The summed E-state index contributed by atoms with van der Waals surface area (Å²) in [5, 5.41) is 12.0. The van der Waals surface area contributed by atoms with Gasteiger partial charge in [0.25, 0.3) is 0 Å². The summed E-state index contributed by atoms with van der Waals surface area (Å²) in [7, 11) is 0. The normalized spacial score (nSPS) is 10.6. The van der Waals surface area contributed by atoms with Crippen LogP contribution in [0.5, 0.6) is 5.75 Å². The van der Waals surface area contributed by atoms with E-state index < -0.39 is 0 Å². The maximum absolute atomic E-state index is 8.68. The summed E-state index contributed by atoms with van der Waals surface area (Å²) in [5.74, 6) is 0.912. The number of aliphatic hydroxyl groups is 1. The zero-order valence-electron chi connectivity index (χ0n) is 10.9. The van der Waals surface area contributed by atoms with E-state index in [0.717, 1.165) is 42.6 Å². The predicted octanol–water partition coefficient (Wildman–Crippen LogP) is 3.10. The molecule has 1 aromatic rings. The van der Waals surface area contributed by atoms with Gasteiger partial charge < -0.3 is 15.2 Å². The van der Waals surface area contributed by atoms with Crippen LogP contribution in [0.4, 0.5) is 0 Å². The summed E-state index contributed by atoms with van der Waals surface area (Å²) in [6.45, 7) is 4.88. The number of unbranched alkanes of at least 4 members (excludes halogenated alkanes) is 2. The number of rotatable bonds is 9. The Kier molecular flexibility index (Phi) is 8.05. The fourth-order valence-electron chi connectivity index (χ4n) is 1.62. The maximum Gasteiger partial charge on any atom is 0.119 e. The Morgan fingerprint density at radius 1 is 1.28 bits per heavy atom. The van der Waals surface area contributed by atoms with Crippen molar-refractivity contribution in [2.24, 2.45) is 0 Å². The summed E-state index contributed by atoms with van der Waals surface area (Å²) in [6, 6.07) is 6.07. The number of ether oxygens (including phenoxy) is 1. The van der Waals surface area contributed by atoms with Crippen molar-refractivity contribution in [3.8, 4) is 5.75 Å². The molecule has 4 heteroatoms. The van der Waals surface area contributed by atoms with Gasteiger partial charge in [-0.25, -0.2) is 0 Å². The van der Waals surface area contributed by atoms with E-state index in [-0.39, 0.29) is 6.61 Å². The maximum atomic E-state index is 8.68. The Balaban J connectivity index is 2.40. The van der Waals surface area contributed by atoms with Crippen LogP contribution in [0.15, 0.2) is 22.7 Å². The lowest BCUT2D eigenvalue weighted by Crippen LogP contribution is -2.12. The fourth-order valence-corrected chi connectivity index (χ4v) is 2.00. The van der Waals surface area contributed by atoms with Crippen LogP contribution in [-0.4, -0.2) is 24.9 Å². The minimum absolute atomic E-state index is 0.269. The van der Waals surface area contributed by atoms with Crippen molar-refractivity contribution in [3.63, 3.8) is 0 Å². The van der Waals surface area contributed by atoms with Crippen LogP contribution in [-0.2, 0) is 6.54 Å². The second-order valence-corrected chi connectivity index (χ2v) is 5.02. The minimum atomic E-state index is 0.269. The molecule has 0 aromatic heterocycles. The Labute approximate surface area is 118 Å². The molecule has 2 N–H and O–H groups in total. The quantitative estimate of drug-likeness (QED) is 0.688. The molecule has 0 aliphatic heterocycles. The fraction of sp³-hybridized carbons (Fsp3) is 0.571. The summed E-state index contributed by atoms with van der Waals surface area (Å²) < 4.78 is 6.81. The molecule has 102 valence electrons. The van der Waals surface area contributed by atoms with Gasteiger partial charge in [0.2, 0.25) is 0 Å². The van der Waals surface area contributed by atoms with E-state index in [1.54, 1.807) is 0 Å². The van der Waals surface area contributed by atoms with Crippen LogP contribution < -0.4 is 10.1 Å². The van der Waals surface area contributed by atoms with Gasteiger partial charge in [0.05, 0.1) is 6.61 Å². The average Bonchev–Trinajstić information content (AvgIpc) is 2.39. The van der Waals surface area contributed by atoms with Gasteiger partial charge in [0, 0.05) is 17.6 Å². The third-order valence-corrected chi connectivity index (χ3v) is 3.43. The molecule has 18 heavy (non-hydrogen) atoms. The SMILES string of the molecule is CCNCc1cc(OCCCCCO)ccc1Br. The van der Waals surface area contributed by atoms with Gasteiger partial charge in [-0.1, -0.05) is 22.9 Å². The van der Waals surface area contributed by atoms with Crippen LogP contribution in [0.1, 0.15) is 31.7 Å². The molecule has 0 saturated carbocycles. The molecular weight excluding hydrogens is 294 g/mol. The number of aliphatic hydroxyl groups excluding tert-OH is 1. The van der Waals surface area contributed by atoms with Crippen molar-refractivity contribution >= 4 is 15.9 Å². The zero-order chi connectivity index (χ0) is 13.2. The largest absolute Gasteiger partial charge is 0.494 e. The average molecular weight is 316 g/mol. The Bertz CT molecular complexity index is 345. The van der Waals surface area contributed by atoms with Crippen molar-refractivity contribution in [1.29, 1.82) is 0 Å². The molecule has 0 aliphatic rings. The highest BCUT2D eigenvalue weighted by molar-refractivity contribution is 9.10. The molecule has 0 fully saturated rings. The van der Waals surface area contributed by atoms with Gasteiger partial charge in [-0.2, -0.15) is 0 Å². The molecule has 0 unspecified atom stereocenters. The number of nitrogens with one attached hydrogen (secondary N) is 1. The van der Waals surface area contributed by atoms with Crippen molar-refractivity contribution in [3.05, 3.63) is 28.2 Å². The molecule has 3 nitrogen and oxygen atoms in total. The van der Waals surface area contributed by atoms with E-state index in [9.17, 15) is 0 Å². The molecule has 1 rings (SSSR count). The molecule has 1 aromatic carbocycles. The summed E-state index contributed by atoms with van der Waals surface area (Å²) in [4.78, 5) is 0. The first-order valence-electron chi connectivity index (χ1n) is 6.50. The Hall–Kier alpha value is -0.580. The second kappa shape index (κ2) is 9.36. The summed E-state index contributed by atoms with van der Waals surface area (Å²) in [6.07, 6.45) is 2.85. The summed E-state index contributed by atoms with van der Waals surface area (Å²) in [5.41, 5.74) is 1.21. The van der Waals surface area contributed by atoms with Gasteiger partial charge >= 0.3 is 0 Å². The monoisotopic (exact) mass is 315 g/mol. The number of hydrogen-bond donors (Lipinski definition) is 2. The third-order valence-electron chi connectivity index (χ3n) is 2.65. The van der Waals surface area contributed by atoms with E-state index in [0.29, 0.717) is 6.61 Å². The molecular formula is C14H22BrNO2. The predicted molar refractivity (Wildman–Crippen MR) is 78.0 cm³/mol. The van der Waals surface area contributed by atoms with Gasteiger partial charge in [-0.05, 0) is 49.6 Å². The first-order valence-corrected chi connectivity index (χ1v) is 7.30. The molecule has 0 atom stereocenters. The van der Waals surface area contributed by atoms with Crippen molar-refractivity contribution in [2.75, 3.05) is 19.8 Å². The second-order valence-electron chi connectivity index (χ2n) is 4.17. The molecule has 0 spiro atoms. The highest BCUT2D eigenvalue weighted by atomic mass is 79.9.